The van der Waals surface area contributed by atoms with Crippen LogP contribution in [-0.4, -0.2) is 27.7 Å². The lowest BCUT2D eigenvalue weighted by Crippen LogP contribution is -2.30. The molecule has 10 heteroatoms. The fraction of sp³-hybridized carbons (Fsp3) is 0.125. The van der Waals surface area contributed by atoms with Crippen molar-refractivity contribution in [1.29, 1.82) is 0 Å². The van der Waals surface area contributed by atoms with E-state index in [2.05, 4.69) is 20.4 Å². The Bertz CT molecular complexity index is 512. The molecule has 9 nitrogen and oxygen atoms in total. The van der Waals surface area contributed by atoms with E-state index in [9.17, 15) is 9.59 Å². The summed E-state index contributed by atoms with van der Waals surface area (Å²) in [6, 6.07) is 0. The normalized spacial score (nSPS) is 9.44. The van der Waals surface area contributed by atoms with Gasteiger partial charge in [0.15, 0.2) is 11.5 Å². The van der Waals surface area contributed by atoms with Crippen LogP contribution in [0, 0.1) is 0 Å². The van der Waals surface area contributed by atoms with E-state index < -0.39 is 11.8 Å². The van der Waals surface area contributed by atoms with E-state index in [1.54, 1.807) is 0 Å². The topological polar surface area (TPSA) is 148 Å². The Balaban J connectivity index is 3.04. The van der Waals surface area contributed by atoms with Crippen LogP contribution in [0.4, 0.5) is 5.82 Å². The quantitative estimate of drug-likeness (QED) is 0.315. The molecule has 0 bridgehead atoms. The van der Waals surface area contributed by atoms with Crippen LogP contribution in [0.5, 0.6) is 0 Å². The molecule has 2 amide bonds. The molecule has 1 aromatic rings. The molecule has 0 atom stereocenters. The smallest absolute Gasteiger partial charge is 0.293 e. The van der Waals surface area contributed by atoms with Gasteiger partial charge in [0.2, 0.25) is 11.9 Å². The Morgan fingerprint density at radius 1 is 1.44 bits per heavy atom. The Labute approximate surface area is 107 Å². The highest BCUT2D eigenvalue weighted by Gasteiger charge is 2.16. The summed E-state index contributed by atoms with van der Waals surface area (Å²) in [7, 11) is 0. The van der Waals surface area contributed by atoms with Crippen LogP contribution in [0.25, 0.3) is 0 Å². The van der Waals surface area contributed by atoms with Crippen molar-refractivity contribution < 1.29 is 9.59 Å². The summed E-state index contributed by atoms with van der Waals surface area (Å²) < 4.78 is 0. The maximum Gasteiger partial charge on any atom is 0.293 e. The zero-order valence-corrected chi connectivity index (χ0v) is 10.0. The van der Waals surface area contributed by atoms with Crippen molar-refractivity contribution in [3.63, 3.8) is 0 Å². The first-order valence-corrected chi connectivity index (χ1v) is 4.97. The summed E-state index contributed by atoms with van der Waals surface area (Å²) in [5.74, 6) is -1.56. The first kappa shape index (κ1) is 13.6. The van der Waals surface area contributed by atoms with Gasteiger partial charge >= 0.3 is 0 Å². The molecule has 0 unspecified atom stereocenters. The summed E-state index contributed by atoms with van der Waals surface area (Å²) >= 11 is 5.61. The molecule has 0 saturated heterocycles. The number of hydrazone groups is 1. The third kappa shape index (κ3) is 3.87. The first-order valence-electron chi connectivity index (χ1n) is 4.59. The van der Waals surface area contributed by atoms with E-state index in [0.717, 1.165) is 0 Å². The van der Waals surface area contributed by atoms with Gasteiger partial charge in [-0.15, -0.1) is 5.10 Å². The molecule has 0 saturated carbocycles. The predicted octanol–water partition coefficient (Wildman–Crippen LogP) is -0.993. The van der Waals surface area contributed by atoms with Gasteiger partial charge in [-0.3, -0.25) is 9.59 Å². The summed E-state index contributed by atoms with van der Waals surface area (Å²) in [4.78, 5) is 30.1. The van der Waals surface area contributed by atoms with E-state index in [1.165, 1.54) is 13.1 Å². The number of carbonyl (C=O) groups is 2. The molecular formula is C8H10ClN7O2. The number of amides is 2. The monoisotopic (exact) mass is 271 g/mol. The Hall–Kier alpha value is -2.42. The number of guanidine groups is 1. The number of nitrogens with zero attached hydrogens (tertiary/aromatic N) is 3. The van der Waals surface area contributed by atoms with Crippen LogP contribution in [0.15, 0.2) is 11.3 Å². The van der Waals surface area contributed by atoms with Crippen LogP contribution in [0.3, 0.4) is 0 Å². The zero-order valence-electron chi connectivity index (χ0n) is 9.27. The number of carbonyl (C=O) groups excluding carboxylic acids is 2. The summed E-state index contributed by atoms with van der Waals surface area (Å²) in [5, 5.41) is 5.61. The molecule has 6 N–H and O–H groups in total. The van der Waals surface area contributed by atoms with Crippen LogP contribution in [-0.2, 0) is 4.79 Å². The number of nitrogens with two attached hydrogens (primary N) is 2. The average molecular weight is 272 g/mol. The van der Waals surface area contributed by atoms with E-state index in [-0.39, 0.29) is 22.6 Å². The SMILES string of the molecule is CC(=O)Nc1ncc(Cl)nc1C(=O)NN=C(N)N. The number of hydrogen-bond acceptors (Lipinski definition) is 5. The highest BCUT2D eigenvalue weighted by Crippen LogP contribution is 2.13. The Morgan fingerprint density at radius 3 is 2.67 bits per heavy atom. The number of hydrogen-bond donors (Lipinski definition) is 4. The molecule has 18 heavy (non-hydrogen) atoms. The fourth-order valence-electron chi connectivity index (χ4n) is 0.952. The standard InChI is InChI=1S/C8H10ClN7O2/c1-3(17)13-6-5(14-4(9)2-12-6)7(18)15-16-8(10)11/h2H,1H3,(H,15,18)(H4,10,11,16)(H,12,13,17). The van der Waals surface area contributed by atoms with Gasteiger partial charge in [-0.25, -0.2) is 15.4 Å². The van der Waals surface area contributed by atoms with Crippen molar-refractivity contribution in [2.75, 3.05) is 5.32 Å². The zero-order chi connectivity index (χ0) is 13.7. The molecular weight excluding hydrogens is 262 g/mol. The first-order chi connectivity index (χ1) is 8.40. The van der Waals surface area contributed by atoms with Crippen molar-refractivity contribution in [2.24, 2.45) is 16.6 Å². The van der Waals surface area contributed by atoms with Gasteiger partial charge in [-0.2, -0.15) is 0 Å². The highest BCUT2D eigenvalue weighted by molar-refractivity contribution is 6.29. The molecule has 0 aliphatic heterocycles. The van der Waals surface area contributed by atoms with Gasteiger partial charge in [0.1, 0.15) is 5.15 Å². The van der Waals surface area contributed by atoms with Crippen LogP contribution < -0.4 is 22.2 Å². The number of nitrogens with one attached hydrogen (secondary N) is 2. The van der Waals surface area contributed by atoms with Crippen molar-refractivity contribution in [1.82, 2.24) is 15.4 Å². The second-order valence-corrected chi connectivity index (χ2v) is 3.44. The summed E-state index contributed by atoms with van der Waals surface area (Å²) in [6.07, 6.45) is 1.18. The maximum atomic E-state index is 11.7. The molecule has 0 aromatic carbocycles. The van der Waals surface area contributed by atoms with E-state index in [0.29, 0.717) is 0 Å². The molecule has 0 aliphatic rings. The van der Waals surface area contributed by atoms with Crippen LogP contribution in [0.1, 0.15) is 17.4 Å². The average Bonchev–Trinajstić information content (AvgIpc) is 2.27. The second-order valence-electron chi connectivity index (χ2n) is 3.05. The van der Waals surface area contributed by atoms with Crippen molar-refractivity contribution in [2.45, 2.75) is 6.92 Å². The lowest BCUT2D eigenvalue weighted by molar-refractivity contribution is -0.114. The third-order valence-electron chi connectivity index (χ3n) is 1.54. The molecule has 1 aromatic heterocycles. The van der Waals surface area contributed by atoms with Crippen LogP contribution >= 0.6 is 11.6 Å². The van der Waals surface area contributed by atoms with Crippen LogP contribution in [0.2, 0.25) is 5.15 Å². The summed E-state index contributed by atoms with van der Waals surface area (Å²) in [5.41, 5.74) is 11.9. The van der Waals surface area contributed by atoms with E-state index >= 15 is 0 Å². The number of rotatable bonds is 3. The molecule has 96 valence electrons. The molecule has 0 fully saturated rings. The minimum atomic E-state index is -0.762. The van der Waals surface area contributed by atoms with E-state index in [4.69, 9.17) is 23.1 Å². The van der Waals surface area contributed by atoms with E-state index in [1.807, 2.05) is 5.43 Å². The second kappa shape index (κ2) is 5.77. The maximum absolute atomic E-state index is 11.7. The van der Waals surface area contributed by atoms with Gasteiger partial charge in [-0.05, 0) is 0 Å². The Kier molecular flexibility index (Phi) is 4.38. The minimum Gasteiger partial charge on any atom is -0.369 e. The van der Waals surface area contributed by atoms with Crippen molar-refractivity contribution >= 4 is 35.2 Å². The number of anilines is 1. The fourth-order valence-corrected chi connectivity index (χ4v) is 1.09. The molecule has 0 spiro atoms. The predicted molar refractivity (Wildman–Crippen MR) is 64.6 cm³/mol. The van der Waals surface area contributed by atoms with Gasteiger partial charge in [0.05, 0.1) is 6.20 Å². The molecule has 0 aliphatic carbocycles. The lowest BCUT2D eigenvalue weighted by Gasteiger charge is -2.06. The van der Waals surface area contributed by atoms with Crippen molar-refractivity contribution in [3.8, 4) is 0 Å². The molecule has 1 rings (SSSR count). The number of aromatic nitrogens is 2. The van der Waals surface area contributed by atoms with Gasteiger partial charge in [0.25, 0.3) is 5.91 Å². The summed E-state index contributed by atoms with van der Waals surface area (Å²) in [6.45, 7) is 1.26. The molecule has 1 heterocycles. The highest BCUT2D eigenvalue weighted by atomic mass is 35.5. The van der Waals surface area contributed by atoms with Crippen molar-refractivity contribution in [3.05, 3.63) is 17.0 Å². The minimum absolute atomic E-state index is 0.0149. The Morgan fingerprint density at radius 2 is 2.11 bits per heavy atom. The van der Waals surface area contributed by atoms with Gasteiger partial charge in [-0.1, -0.05) is 11.6 Å². The lowest BCUT2D eigenvalue weighted by atomic mass is 10.4. The third-order valence-corrected chi connectivity index (χ3v) is 1.72. The van der Waals surface area contributed by atoms with Gasteiger partial charge < -0.3 is 16.8 Å². The van der Waals surface area contributed by atoms with Gasteiger partial charge in [0, 0.05) is 6.92 Å². The largest absolute Gasteiger partial charge is 0.369 e. The number of halogens is 1. The molecule has 0 radical (unpaired) electrons.